The molecule has 1 amide bonds. The van der Waals surface area contributed by atoms with Crippen molar-refractivity contribution in [3.8, 4) is 0 Å². The van der Waals surface area contributed by atoms with Gasteiger partial charge in [0, 0.05) is 53.3 Å². The van der Waals surface area contributed by atoms with E-state index in [1.807, 2.05) is 35.2 Å². The number of hydrogen-bond acceptors (Lipinski definition) is 6. The van der Waals surface area contributed by atoms with Gasteiger partial charge in [-0.3, -0.25) is 4.79 Å². The number of fused-ring (bicyclic) bond motifs is 3. The summed E-state index contributed by atoms with van der Waals surface area (Å²) < 4.78 is 2.22. The zero-order chi connectivity index (χ0) is 26.7. The summed E-state index contributed by atoms with van der Waals surface area (Å²) in [6.45, 7) is 1.86. The Bertz CT molecular complexity index is 1390. The number of nitrogens with zero attached hydrogens (tertiary/aromatic N) is 6. The van der Waals surface area contributed by atoms with Gasteiger partial charge in [-0.05, 0) is 78.9 Å². The van der Waals surface area contributed by atoms with Crippen LogP contribution in [0.25, 0.3) is 21.5 Å². The van der Waals surface area contributed by atoms with Crippen molar-refractivity contribution < 1.29 is 14.4 Å². The number of amides is 1. The molecule has 3 heterocycles. The Hall–Kier alpha value is -3.59. The van der Waals surface area contributed by atoms with Crippen molar-refractivity contribution >= 4 is 34.5 Å². The fourth-order valence-corrected chi connectivity index (χ4v) is 6.07. The number of carbonyl (C=O) groups excluding carboxylic acids is 2. The maximum Gasteiger partial charge on any atom is 0.330 e. The predicted molar refractivity (Wildman–Crippen MR) is 143 cm³/mol. The molecule has 10 nitrogen and oxygen atoms in total. The molecule has 0 atom stereocenters. The standard InChI is InChI=1S/C27H30ClN7O3/c28-20-5-3-19(4-6-20)15-35-23-16-34(13-9-21(23)22-2-1-12-31-25(22)35)24(36)14-18-7-10-27(11-8-18,17-32-33-29)26(37)38-30/h1-6,12,18H,7-11,13-17,30H2/t18-,27-. The van der Waals surface area contributed by atoms with Crippen LogP contribution in [0.4, 0.5) is 0 Å². The van der Waals surface area contributed by atoms with Gasteiger partial charge in [0.15, 0.2) is 0 Å². The molecule has 11 heteroatoms. The quantitative estimate of drug-likeness (QED) is 0.198. The van der Waals surface area contributed by atoms with Crippen LogP contribution in [0.3, 0.4) is 0 Å². The normalized spacial score (nSPS) is 21.0. The highest BCUT2D eigenvalue weighted by atomic mass is 35.5. The highest BCUT2D eigenvalue weighted by Crippen LogP contribution is 2.42. The highest BCUT2D eigenvalue weighted by molar-refractivity contribution is 6.30. The third-order valence-corrected chi connectivity index (χ3v) is 8.37. The molecule has 2 aromatic heterocycles. The molecular formula is C27H30ClN7O3. The van der Waals surface area contributed by atoms with E-state index < -0.39 is 11.4 Å². The lowest BCUT2D eigenvalue weighted by atomic mass is 9.69. The lowest BCUT2D eigenvalue weighted by molar-refractivity contribution is -0.158. The van der Waals surface area contributed by atoms with Gasteiger partial charge >= 0.3 is 5.97 Å². The van der Waals surface area contributed by atoms with Gasteiger partial charge in [0.05, 0.1) is 12.0 Å². The number of aromatic nitrogens is 2. The van der Waals surface area contributed by atoms with Crippen LogP contribution in [0.1, 0.15) is 48.9 Å². The Morgan fingerprint density at radius 1 is 1.24 bits per heavy atom. The molecule has 1 aromatic carbocycles. The van der Waals surface area contributed by atoms with Crippen LogP contribution in [0.15, 0.2) is 47.7 Å². The number of halogens is 1. The first-order valence-electron chi connectivity index (χ1n) is 12.8. The minimum atomic E-state index is -0.907. The predicted octanol–water partition coefficient (Wildman–Crippen LogP) is 4.92. The smallest absolute Gasteiger partial charge is 0.330 e. The SMILES string of the molecule is [N-]=[N+]=NC[C@]1(C(=O)ON)CC[C@H](CC(=O)N2CCc3c(n(Cc4ccc(Cl)cc4)c4ncccc34)C2)CC1. The van der Waals surface area contributed by atoms with Crippen LogP contribution >= 0.6 is 11.6 Å². The first-order chi connectivity index (χ1) is 18.4. The summed E-state index contributed by atoms with van der Waals surface area (Å²) in [5, 5.41) is 5.45. The molecule has 0 unspecified atom stereocenters. The lowest BCUT2D eigenvalue weighted by Crippen LogP contribution is -2.42. The third kappa shape index (κ3) is 5.07. The van der Waals surface area contributed by atoms with Gasteiger partial charge < -0.3 is 14.3 Å². The summed E-state index contributed by atoms with van der Waals surface area (Å²) in [5.74, 6) is 4.85. The maximum atomic E-state index is 13.4. The van der Waals surface area contributed by atoms with E-state index in [4.69, 9.17) is 23.0 Å². The Kier molecular flexibility index (Phi) is 7.56. The average molecular weight is 536 g/mol. The number of hydrogen-bond donors (Lipinski definition) is 1. The number of pyridine rings is 1. The van der Waals surface area contributed by atoms with Crippen LogP contribution in [-0.2, 0) is 33.9 Å². The minimum absolute atomic E-state index is 0.0152. The fourth-order valence-electron chi connectivity index (χ4n) is 5.94. The molecule has 3 aromatic rings. The molecule has 198 valence electrons. The molecule has 1 aliphatic carbocycles. The van der Waals surface area contributed by atoms with Gasteiger partial charge in [-0.1, -0.05) is 28.8 Å². The summed E-state index contributed by atoms with van der Waals surface area (Å²) in [6, 6.07) is 11.9. The number of carbonyl (C=O) groups is 2. The van der Waals surface area contributed by atoms with Crippen LogP contribution < -0.4 is 5.90 Å². The van der Waals surface area contributed by atoms with E-state index in [2.05, 4.69) is 30.5 Å². The Morgan fingerprint density at radius 2 is 2.00 bits per heavy atom. The van der Waals surface area contributed by atoms with Crippen LogP contribution in [0.2, 0.25) is 5.02 Å². The fraction of sp³-hybridized carbons (Fsp3) is 0.444. The first-order valence-corrected chi connectivity index (χ1v) is 13.2. The summed E-state index contributed by atoms with van der Waals surface area (Å²) in [4.78, 5) is 39.7. The van der Waals surface area contributed by atoms with Gasteiger partial charge in [0.1, 0.15) is 5.65 Å². The van der Waals surface area contributed by atoms with Crippen molar-refractivity contribution in [2.24, 2.45) is 22.3 Å². The van der Waals surface area contributed by atoms with Gasteiger partial charge in [-0.25, -0.2) is 9.78 Å². The number of benzene rings is 1. The Labute approximate surface area is 225 Å². The zero-order valence-electron chi connectivity index (χ0n) is 21.1. The second-order valence-corrected chi connectivity index (χ2v) is 10.7. The van der Waals surface area contributed by atoms with Crippen molar-refractivity contribution in [2.45, 2.75) is 51.6 Å². The largest absolute Gasteiger partial charge is 0.373 e. The van der Waals surface area contributed by atoms with E-state index >= 15 is 0 Å². The van der Waals surface area contributed by atoms with Crippen molar-refractivity contribution in [2.75, 3.05) is 13.1 Å². The topological polar surface area (TPSA) is 139 Å². The molecular weight excluding hydrogens is 506 g/mol. The molecule has 1 aliphatic heterocycles. The summed E-state index contributed by atoms with van der Waals surface area (Å²) in [7, 11) is 0. The molecule has 0 saturated heterocycles. The van der Waals surface area contributed by atoms with Gasteiger partial charge in [-0.15, -0.1) is 0 Å². The minimum Gasteiger partial charge on any atom is -0.373 e. The van der Waals surface area contributed by atoms with E-state index in [9.17, 15) is 9.59 Å². The van der Waals surface area contributed by atoms with E-state index in [0.717, 1.165) is 28.7 Å². The number of azide groups is 1. The van der Waals surface area contributed by atoms with Crippen molar-refractivity contribution in [1.82, 2.24) is 14.5 Å². The molecule has 38 heavy (non-hydrogen) atoms. The van der Waals surface area contributed by atoms with Crippen LogP contribution in [-0.4, -0.2) is 39.4 Å². The van der Waals surface area contributed by atoms with Gasteiger partial charge in [-0.2, -0.15) is 5.90 Å². The summed E-state index contributed by atoms with van der Waals surface area (Å²) in [5.41, 5.74) is 12.2. The van der Waals surface area contributed by atoms with E-state index in [0.29, 0.717) is 56.8 Å². The van der Waals surface area contributed by atoms with Crippen molar-refractivity contribution in [3.05, 3.63) is 74.9 Å². The molecule has 1 fully saturated rings. The van der Waals surface area contributed by atoms with E-state index in [1.54, 1.807) is 6.20 Å². The average Bonchev–Trinajstić information content (AvgIpc) is 3.26. The molecule has 0 radical (unpaired) electrons. The number of rotatable bonds is 7. The lowest BCUT2D eigenvalue weighted by Gasteiger charge is -2.37. The van der Waals surface area contributed by atoms with E-state index in [1.165, 1.54) is 5.56 Å². The second-order valence-electron chi connectivity index (χ2n) is 10.3. The monoisotopic (exact) mass is 535 g/mol. The molecule has 0 bridgehead atoms. The van der Waals surface area contributed by atoms with E-state index in [-0.39, 0.29) is 18.4 Å². The molecule has 0 spiro atoms. The Morgan fingerprint density at radius 3 is 2.71 bits per heavy atom. The van der Waals surface area contributed by atoms with Crippen molar-refractivity contribution in [3.63, 3.8) is 0 Å². The summed E-state index contributed by atoms with van der Waals surface area (Å²) >= 11 is 6.09. The zero-order valence-corrected chi connectivity index (χ0v) is 21.8. The molecule has 2 N–H and O–H groups in total. The summed E-state index contributed by atoms with van der Waals surface area (Å²) in [6.07, 6.45) is 5.29. The molecule has 1 saturated carbocycles. The highest BCUT2D eigenvalue weighted by Gasteiger charge is 2.43. The molecule has 5 rings (SSSR count). The van der Waals surface area contributed by atoms with Gasteiger partial charge in [0.25, 0.3) is 0 Å². The van der Waals surface area contributed by atoms with Crippen molar-refractivity contribution in [1.29, 1.82) is 0 Å². The first kappa shape index (κ1) is 26.0. The van der Waals surface area contributed by atoms with Gasteiger partial charge in [0.2, 0.25) is 5.91 Å². The maximum absolute atomic E-state index is 13.4. The van der Waals surface area contributed by atoms with Crippen LogP contribution in [0.5, 0.6) is 0 Å². The number of nitrogens with two attached hydrogens (primary N) is 1. The molecule has 2 aliphatic rings. The Balaban J connectivity index is 1.30. The third-order valence-electron chi connectivity index (χ3n) is 8.12. The van der Waals surface area contributed by atoms with Crippen LogP contribution in [0, 0.1) is 11.3 Å². The second kappa shape index (κ2) is 11.0.